The van der Waals surface area contributed by atoms with Crippen LogP contribution in [-0.2, 0) is 9.84 Å². The molecule has 0 aliphatic rings. The van der Waals surface area contributed by atoms with E-state index in [2.05, 4.69) is 9.97 Å². The summed E-state index contributed by atoms with van der Waals surface area (Å²) in [6.07, 6.45) is 4.89. The van der Waals surface area contributed by atoms with Crippen molar-refractivity contribution in [2.45, 2.75) is 11.8 Å². The first-order valence-electron chi connectivity index (χ1n) is 7.32. The Bertz CT molecular complexity index is 1150. The van der Waals surface area contributed by atoms with Gasteiger partial charge < -0.3 is 10.6 Å². The van der Waals surface area contributed by atoms with Gasteiger partial charge in [0.15, 0.2) is 9.84 Å². The molecule has 26 heavy (non-hydrogen) atoms. The number of carbonyl (C=O) groups excluding carboxylic acids is 2. The van der Waals surface area contributed by atoms with Gasteiger partial charge in [-0.15, -0.1) is 0 Å². The molecule has 3 aromatic rings. The maximum atomic E-state index is 12.3. The molecule has 0 spiro atoms. The van der Waals surface area contributed by atoms with E-state index in [1.807, 2.05) is 0 Å². The highest BCUT2D eigenvalue weighted by atomic mass is 32.2. The van der Waals surface area contributed by atoms with Gasteiger partial charge in [0.25, 0.3) is 5.91 Å². The van der Waals surface area contributed by atoms with Crippen molar-refractivity contribution in [3.05, 3.63) is 53.7 Å². The van der Waals surface area contributed by atoms with E-state index in [0.717, 1.165) is 11.0 Å². The number of fused-ring (bicyclic) bond motifs is 1. The van der Waals surface area contributed by atoms with Gasteiger partial charge in [-0.25, -0.2) is 23.2 Å². The van der Waals surface area contributed by atoms with E-state index in [1.165, 1.54) is 36.9 Å². The number of primary amides is 1. The quantitative estimate of drug-likeness (QED) is 0.703. The summed E-state index contributed by atoms with van der Waals surface area (Å²) in [7, 11) is -3.48. The van der Waals surface area contributed by atoms with Gasteiger partial charge in [0.05, 0.1) is 27.9 Å². The molecule has 0 radical (unpaired) electrons. The molecule has 0 saturated carbocycles. The van der Waals surface area contributed by atoms with E-state index >= 15 is 0 Å². The molecule has 2 N–H and O–H groups in total. The summed E-state index contributed by atoms with van der Waals surface area (Å²) in [4.78, 5) is 37.1. The highest BCUT2D eigenvalue weighted by Crippen LogP contribution is 2.24. The number of carbonyl (C=O) groups is 2. The molecule has 10 heteroatoms. The lowest BCUT2D eigenvalue weighted by molar-refractivity contribution is 0.0479. The first-order chi connectivity index (χ1) is 12.2. The predicted molar refractivity (Wildman–Crippen MR) is 91.2 cm³/mol. The second-order valence-electron chi connectivity index (χ2n) is 5.58. The Morgan fingerprint density at radius 1 is 1.23 bits per heavy atom. The van der Waals surface area contributed by atoms with Gasteiger partial charge >= 0.3 is 5.97 Å². The highest BCUT2D eigenvalue weighted by Gasteiger charge is 2.20. The van der Waals surface area contributed by atoms with Crippen LogP contribution in [0.2, 0.25) is 0 Å². The van der Waals surface area contributed by atoms with Crippen molar-refractivity contribution in [2.24, 2.45) is 5.73 Å². The molecule has 2 aromatic heterocycles. The number of sulfone groups is 1. The lowest BCUT2D eigenvalue weighted by Gasteiger charge is -2.07. The molecule has 2 heterocycles. The Morgan fingerprint density at radius 2 is 1.96 bits per heavy atom. The fourth-order valence-corrected chi connectivity index (χ4v) is 3.06. The second kappa shape index (κ2) is 6.23. The van der Waals surface area contributed by atoms with Crippen LogP contribution < -0.4 is 10.6 Å². The topological polar surface area (TPSA) is 134 Å². The zero-order valence-corrected chi connectivity index (χ0v) is 14.6. The Labute approximate surface area is 148 Å². The van der Waals surface area contributed by atoms with E-state index in [0.29, 0.717) is 11.2 Å². The number of nitrogens with zero attached hydrogens (tertiary/aromatic N) is 3. The van der Waals surface area contributed by atoms with Crippen LogP contribution in [0.5, 0.6) is 0 Å². The summed E-state index contributed by atoms with van der Waals surface area (Å²) in [5.41, 5.74) is 6.28. The maximum absolute atomic E-state index is 12.3. The average Bonchev–Trinajstić information content (AvgIpc) is 2.92. The Morgan fingerprint density at radius 3 is 2.58 bits per heavy atom. The monoisotopic (exact) mass is 374 g/mol. The first kappa shape index (κ1) is 17.5. The Balaban J connectivity index is 2.11. The largest absolute Gasteiger partial charge is 0.366 e. The van der Waals surface area contributed by atoms with Crippen molar-refractivity contribution in [3.8, 4) is 0 Å². The van der Waals surface area contributed by atoms with Gasteiger partial charge in [-0.1, -0.05) is 0 Å². The molecular weight excluding hydrogens is 360 g/mol. The van der Waals surface area contributed by atoms with Crippen molar-refractivity contribution >= 4 is 32.6 Å². The smallest absolute Gasteiger partial charge is 0.366 e. The van der Waals surface area contributed by atoms with Gasteiger partial charge in [-0.05, 0) is 25.1 Å². The molecular formula is C16H14N4O5S. The number of rotatable bonds is 4. The zero-order valence-electron chi connectivity index (χ0n) is 13.8. The third-order valence-electron chi connectivity index (χ3n) is 3.75. The third kappa shape index (κ3) is 3.14. The minimum absolute atomic E-state index is 0.0175. The van der Waals surface area contributed by atoms with Crippen LogP contribution in [0.4, 0.5) is 0 Å². The average molecular weight is 374 g/mol. The van der Waals surface area contributed by atoms with Crippen molar-refractivity contribution in [2.75, 3.05) is 6.26 Å². The summed E-state index contributed by atoms with van der Waals surface area (Å²) in [5.74, 6) is -1.52. The molecule has 3 rings (SSSR count). The number of benzene rings is 1. The first-order valence-corrected chi connectivity index (χ1v) is 9.22. The standard InChI is InChI=1S/C16H14N4O5S/c1-9-12(6-18-8-19-9)16(22)25-20-7-13(15(17)21)11-5-10(26(2,23)24)3-4-14(11)20/h3-8H,1-2H3,(H2,17,21). The van der Waals surface area contributed by atoms with Crippen LogP contribution in [0.15, 0.2) is 41.8 Å². The number of aryl methyl sites for hydroxylation is 1. The van der Waals surface area contributed by atoms with Crippen LogP contribution in [-0.4, -0.2) is 41.2 Å². The van der Waals surface area contributed by atoms with Gasteiger partial charge in [-0.3, -0.25) is 4.79 Å². The molecule has 0 saturated heterocycles. The van der Waals surface area contributed by atoms with Crippen LogP contribution in [0.1, 0.15) is 26.4 Å². The van der Waals surface area contributed by atoms with Crippen molar-refractivity contribution < 1.29 is 22.8 Å². The van der Waals surface area contributed by atoms with E-state index in [1.54, 1.807) is 6.92 Å². The van der Waals surface area contributed by atoms with Crippen LogP contribution in [0, 0.1) is 6.92 Å². The molecule has 0 atom stereocenters. The van der Waals surface area contributed by atoms with Crippen LogP contribution in [0.3, 0.4) is 0 Å². The minimum atomic E-state index is -3.48. The lowest BCUT2D eigenvalue weighted by Crippen LogP contribution is -2.20. The second-order valence-corrected chi connectivity index (χ2v) is 7.60. The number of hydrogen-bond acceptors (Lipinski definition) is 7. The number of hydrogen-bond donors (Lipinski definition) is 1. The Kier molecular flexibility index (Phi) is 4.20. The highest BCUT2D eigenvalue weighted by molar-refractivity contribution is 7.90. The summed E-state index contributed by atoms with van der Waals surface area (Å²) in [5, 5.41) is 0.259. The van der Waals surface area contributed by atoms with E-state index < -0.39 is 21.7 Å². The van der Waals surface area contributed by atoms with Crippen LogP contribution >= 0.6 is 0 Å². The van der Waals surface area contributed by atoms with Crippen molar-refractivity contribution in [1.29, 1.82) is 0 Å². The minimum Gasteiger partial charge on any atom is -0.366 e. The molecule has 0 aliphatic carbocycles. The van der Waals surface area contributed by atoms with Gasteiger partial charge in [0.2, 0.25) is 0 Å². The molecule has 0 unspecified atom stereocenters. The van der Waals surface area contributed by atoms with Gasteiger partial charge in [0.1, 0.15) is 11.9 Å². The number of amides is 1. The number of aromatic nitrogens is 3. The summed E-state index contributed by atoms with van der Waals surface area (Å²) in [6.45, 7) is 1.62. The summed E-state index contributed by atoms with van der Waals surface area (Å²) < 4.78 is 24.6. The molecule has 1 amide bonds. The normalized spacial score (nSPS) is 11.5. The predicted octanol–water partition coefficient (Wildman–Crippen LogP) is 0.511. The molecule has 9 nitrogen and oxygen atoms in total. The van der Waals surface area contributed by atoms with Crippen LogP contribution in [0.25, 0.3) is 10.9 Å². The molecule has 1 aromatic carbocycles. The lowest BCUT2D eigenvalue weighted by atomic mass is 10.2. The number of nitrogens with two attached hydrogens (primary N) is 1. The molecule has 0 fully saturated rings. The van der Waals surface area contributed by atoms with Gasteiger partial charge in [-0.2, -0.15) is 4.73 Å². The van der Waals surface area contributed by atoms with E-state index in [-0.39, 0.29) is 21.4 Å². The van der Waals surface area contributed by atoms with Crippen molar-refractivity contribution in [1.82, 2.24) is 14.7 Å². The fraction of sp³-hybridized carbons (Fsp3) is 0.125. The van der Waals surface area contributed by atoms with E-state index in [9.17, 15) is 18.0 Å². The summed E-state index contributed by atoms with van der Waals surface area (Å²) >= 11 is 0. The molecule has 0 aliphatic heterocycles. The summed E-state index contributed by atoms with van der Waals surface area (Å²) in [6, 6.07) is 4.09. The third-order valence-corrected chi connectivity index (χ3v) is 4.86. The Hall–Kier alpha value is -3.27. The fourth-order valence-electron chi connectivity index (χ4n) is 2.41. The van der Waals surface area contributed by atoms with E-state index in [4.69, 9.17) is 10.6 Å². The SMILES string of the molecule is Cc1ncncc1C(=O)On1cc(C(N)=O)c2cc(S(C)(=O)=O)ccc21. The maximum Gasteiger partial charge on any atom is 0.366 e. The molecule has 134 valence electrons. The molecule has 0 bridgehead atoms. The zero-order chi connectivity index (χ0) is 19.1. The van der Waals surface area contributed by atoms with Crippen molar-refractivity contribution in [3.63, 3.8) is 0 Å². The van der Waals surface area contributed by atoms with Gasteiger partial charge in [0, 0.05) is 17.8 Å².